The van der Waals surface area contributed by atoms with Gasteiger partial charge in [-0.15, -0.1) is 0 Å². The number of amides is 1. The van der Waals surface area contributed by atoms with Gasteiger partial charge in [0.05, 0.1) is 11.8 Å². The highest BCUT2D eigenvalue weighted by Gasteiger charge is 2.32. The van der Waals surface area contributed by atoms with Crippen LogP contribution in [-0.4, -0.2) is 18.7 Å². The molecule has 2 aromatic rings. The molecule has 8 heteroatoms. The molecular weight excluding hydrogens is 328 g/mol. The lowest BCUT2D eigenvalue weighted by molar-refractivity contribution is -0.137. The summed E-state index contributed by atoms with van der Waals surface area (Å²) in [5.41, 5.74) is 0.993. The second-order valence-corrected chi connectivity index (χ2v) is 4.62. The summed E-state index contributed by atoms with van der Waals surface area (Å²) in [7, 11) is 0. The minimum atomic E-state index is -4.52. The molecule has 24 heavy (non-hydrogen) atoms. The van der Waals surface area contributed by atoms with Crippen molar-refractivity contribution >= 4 is 12.1 Å². The van der Waals surface area contributed by atoms with Gasteiger partial charge in [-0.2, -0.15) is 18.3 Å². The monoisotopic (exact) mass is 340 g/mol. The third-order valence-electron chi connectivity index (χ3n) is 2.83. The molecule has 0 atom stereocenters. The summed E-state index contributed by atoms with van der Waals surface area (Å²) in [6.07, 6.45) is -3.63. The number of halogens is 4. The van der Waals surface area contributed by atoms with Crippen LogP contribution in [0.3, 0.4) is 0 Å². The first-order valence-corrected chi connectivity index (χ1v) is 6.73. The number of hydrazone groups is 1. The molecule has 0 spiro atoms. The maximum atomic E-state index is 12.9. The average molecular weight is 340 g/mol. The van der Waals surface area contributed by atoms with Crippen LogP contribution in [-0.2, 0) is 11.0 Å². The first kappa shape index (κ1) is 17.5. The van der Waals surface area contributed by atoms with Gasteiger partial charge in [-0.05, 0) is 18.2 Å². The topological polar surface area (TPSA) is 50.7 Å². The molecule has 126 valence electrons. The molecule has 0 aromatic heterocycles. The van der Waals surface area contributed by atoms with Crippen molar-refractivity contribution in [3.05, 3.63) is 65.5 Å². The fraction of sp³-hybridized carbons (Fsp3) is 0.125. The first-order chi connectivity index (χ1) is 11.4. The van der Waals surface area contributed by atoms with Crippen molar-refractivity contribution in [3.63, 3.8) is 0 Å². The number of alkyl halides is 3. The van der Waals surface area contributed by atoms with E-state index >= 15 is 0 Å². The molecule has 0 saturated carbocycles. The van der Waals surface area contributed by atoms with Gasteiger partial charge in [0.25, 0.3) is 5.91 Å². The van der Waals surface area contributed by atoms with Crippen LogP contribution in [0.5, 0.6) is 5.75 Å². The van der Waals surface area contributed by atoms with Gasteiger partial charge in [-0.25, -0.2) is 9.82 Å². The number of nitrogens with one attached hydrogen (secondary N) is 1. The Bertz CT molecular complexity index is 745. The molecule has 0 heterocycles. The lowest BCUT2D eigenvalue weighted by atomic mass is 10.1. The summed E-state index contributed by atoms with van der Waals surface area (Å²) < 4.78 is 56.3. The van der Waals surface area contributed by atoms with Gasteiger partial charge >= 0.3 is 6.18 Å². The lowest BCUT2D eigenvalue weighted by Gasteiger charge is -2.09. The minimum absolute atomic E-state index is 0.150. The Morgan fingerprint density at radius 1 is 1.17 bits per heavy atom. The smallest absolute Gasteiger partial charge is 0.417 e. The van der Waals surface area contributed by atoms with E-state index in [4.69, 9.17) is 4.74 Å². The molecule has 1 amide bonds. The second-order valence-electron chi connectivity index (χ2n) is 4.62. The van der Waals surface area contributed by atoms with Crippen LogP contribution >= 0.6 is 0 Å². The van der Waals surface area contributed by atoms with E-state index in [0.29, 0.717) is 0 Å². The fourth-order valence-corrected chi connectivity index (χ4v) is 1.78. The summed E-state index contributed by atoms with van der Waals surface area (Å²) in [5, 5.41) is 3.47. The third-order valence-corrected chi connectivity index (χ3v) is 2.83. The number of nitrogens with zero attached hydrogens (tertiary/aromatic N) is 1. The van der Waals surface area contributed by atoms with E-state index in [-0.39, 0.29) is 11.3 Å². The Kier molecular flexibility index (Phi) is 5.51. The number of hydrogen-bond donors (Lipinski definition) is 1. The SMILES string of the molecule is O=C(COc1cccc(F)c1)N/N=C\c1ccccc1C(F)(F)F. The largest absolute Gasteiger partial charge is 0.484 e. The van der Waals surface area contributed by atoms with E-state index in [2.05, 4.69) is 5.10 Å². The zero-order chi connectivity index (χ0) is 17.6. The zero-order valence-corrected chi connectivity index (χ0v) is 12.2. The standard InChI is InChI=1S/C16H12F4N2O2/c17-12-5-3-6-13(8-12)24-10-15(23)22-21-9-11-4-1-2-7-14(11)16(18,19)20/h1-9H,10H2,(H,22,23)/b21-9-. The maximum Gasteiger partial charge on any atom is 0.417 e. The zero-order valence-electron chi connectivity index (χ0n) is 12.2. The minimum Gasteiger partial charge on any atom is -0.484 e. The number of rotatable bonds is 5. The highest BCUT2D eigenvalue weighted by molar-refractivity contribution is 5.84. The Balaban J connectivity index is 1.91. The van der Waals surface area contributed by atoms with E-state index in [1.807, 2.05) is 5.43 Å². The molecule has 1 N–H and O–H groups in total. The van der Waals surface area contributed by atoms with Crippen LogP contribution in [0, 0.1) is 5.82 Å². The van der Waals surface area contributed by atoms with Crippen molar-refractivity contribution in [3.8, 4) is 5.75 Å². The molecule has 2 rings (SSSR count). The van der Waals surface area contributed by atoms with Crippen molar-refractivity contribution in [2.45, 2.75) is 6.18 Å². The van der Waals surface area contributed by atoms with Crippen LogP contribution in [0.4, 0.5) is 17.6 Å². The van der Waals surface area contributed by atoms with Gasteiger partial charge in [-0.1, -0.05) is 24.3 Å². The quantitative estimate of drug-likeness (QED) is 0.515. The summed E-state index contributed by atoms with van der Waals surface area (Å²) >= 11 is 0. The Hall–Kier alpha value is -2.90. The van der Waals surface area contributed by atoms with Gasteiger partial charge in [0.1, 0.15) is 11.6 Å². The predicted octanol–water partition coefficient (Wildman–Crippen LogP) is 3.37. The fourth-order valence-electron chi connectivity index (χ4n) is 1.78. The van der Waals surface area contributed by atoms with E-state index in [0.717, 1.165) is 18.3 Å². The Morgan fingerprint density at radius 3 is 2.62 bits per heavy atom. The molecule has 0 bridgehead atoms. The number of ether oxygens (including phenoxy) is 1. The number of hydrogen-bond acceptors (Lipinski definition) is 3. The molecule has 4 nitrogen and oxygen atoms in total. The summed E-state index contributed by atoms with van der Waals surface area (Å²) in [6.45, 7) is -0.457. The number of carbonyl (C=O) groups excluding carboxylic acids is 1. The molecule has 0 aliphatic rings. The van der Waals surface area contributed by atoms with Crippen molar-refractivity contribution in [2.75, 3.05) is 6.61 Å². The van der Waals surface area contributed by atoms with Crippen molar-refractivity contribution in [1.29, 1.82) is 0 Å². The average Bonchev–Trinajstić information content (AvgIpc) is 2.52. The van der Waals surface area contributed by atoms with E-state index < -0.39 is 30.1 Å². The maximum absolute atomic E-state index is 12.9. The van der Waals surface area contributed by atoms with Gasteiger partial charge in [-0.3, -0.25) is 4.79 Å². The Morgan fingerprint density at radius 2 is 1.92 bits per heavy atom. The molecule has 2 aromatic carbocycles. The summed E-state index contributed by atoms with van der Waals surface area (Å²) in [5.74, 6) is -1.06. The molecule has 0 fully saturated rings. The van der Waals surface area contributed by atoms with Gasteiger partial charge < -0.3 is 4.74 Å². The number of benzene rings is 2. The van der Waals surface area contributed by atoms with Gasteiger partial charge in [0, 0.05) is 11.6 Å². The van der Waals surface area contributed by atoms with Crippen molar-refractivity contribution in [1.82, 2.24) is 5.43 Å². The lowest BCUT2D eigenvalue weighted by Crippen LogP contribution is -2.24. The van der Waals surface area contributed by atoms with Crippen LogP contribution in [0.2, 0.25) is 0 Å². The Labute approximate surface area is 134 Å². The van der Waals surface area contributed by atoms with Crippen LogP contribution < -0.4 is 10.2 Å². The van der Waals surface area contributed by atoms with Crippen LogP contribution in [0.1, 0.15) is 11.1 Å². The molecule has 0 radical (unpaired) electrons. The van der Waals surface area contributed by atoms with E-state index in [9.17, 15) is 22.4 Å². The number of carbonyl (C=O) groups is 1. The summed E-state index contributed by atoms with van der Waals surface area (Å²) in [4.78, 5) is 11.5. The van der Waals surface area contributed by atoms with Gasteiger partial charge in [0.15, 0.2) is 6.61 Å². The van der Waals surface area contributed by atoms with E-state index in [1.165, 1.54) is 36.4 Å². The van der Waals surface area contributed by atoms with Crippen molar-refractivity contribution in [2.24, 2.45) is 5.10 Å². The van der Waals surface area contributed by atoms with Gasteiger partial charge in [0.2, 0.25) is 0 Å². The molecule has 0 unspecified atom stereocenters. The molecule has 0 aliphatic heterocycles. The second kappa shape index (κ2) is 7.58. The highest BCUT2D eigenvalue weighted by atomic mass is 19.4. The third kappa shape index (κ3) is 5.08. The summed E-state index contributed by atoms with van der Waals surface area (Å²) in [6, 6.07) is 9.99. The predicted molar refractivity (Wildman–Crippen MR) is 79.1 cm³/mol. The molecular formula is C16H12F4N2O2. The normalized spacial score (nSPS) is 11.5. The van der Waals surface area contributed by atoms with Crippen LogP contribution in [0.25, 0.3) is 0 Å². The van der Waals surface area contributed by atoms with Crippen LogP contribution in [0.15, 0.2) is 53.6 Å². The first-order valence-electron chi connectivity index (χ1n) is 6.73. The van der Waals surface area contributed by atoms with E-state index in [1.54, 1.807) is 0 Å². The molecule has 0 aliphatic carbocycles. The molecule has 0 saturated heterocycles. The van der Waals surface area contributed by atoms with Crippen molar-refractivity contribution < 1.29 is 27.1 Å². The highest BCUT2D eigenvalue weighted by Crippen LogP contribution is 2.30.